The van der Waals surface area contributed by atoms with Crippen LogP contribution in [-0.2, 0) is 6.61 Å². The van der Waals surface area contributed by atoms with E-state index in [-0.39, 0.29) is 5.54 Å². The Morgan fingerprint density at radius 1 is 0.829 bits per heavy atom. The van der Waals surface area contributed by atoms with Gasteiger partial charge in [0.2, 0.25) is 0 Å². The number of anilines is 2. The van der Waals surface area contributed by atoms with E-state index in [9.17, 15) is 4.79 Å². The van der Waals surface area contributed by atoms with Gasteiger partial charge in [-0.3, -0.25) is 5.32 Å². The van der Waals surface area contributed by atoms with Crippen LogP contribution in [0.2, 0.25) is 0 Å². The number of amides is 1. The van der Waals surface area contributed by atoms with E-state index in [0.29, 0.717) is 12.4 Å². The number of aryl methyl sites for hydroxylation is 4. The SMILES string of the molecule is CC1=CC(C)(C)Nc2ccc(-c3ccc(OC(=O)Nc4ccccc4C)cc3C)c(COc3cc(C)ccc3C)c21. The number of allylic oxidation sites excluding steroid dienone is 1. The van der Waals surface area contributed by atoms with Crippen molar-refractivity contribution in [2.24, 2.45) is 0 Å². The Morgan fingerprint density at radius 2 is 1.59 bits per heavy atom. The summed E-state index contributed by atoms with van der Waals surface area (Å²) in [6, 6.07) is 24.0. The number of carbonyl (C=O) groups excluding carboxylic acids is 1. The van der Waals surface area contributed by atoms with Crippen molar-refractivity contribution in [2.45, 2.75) is 60.6 Å². The molecule has 0 aliphatic carbocycles. The number of ether oxygens (including phenoxy) is 2. The predicted octanol–water partition coefficient (Wildman–Crippen LogP) is 9.38. The van der Waals surface area contributed by atoms with Crippen LogP contribution in [0.5, 0.6) is 11.5 Å². The normalized spacial score (nSPS) is 13.5. The fraction of sp³-hybridized carbons (Fsp3) is 0.250. The molecule has 1 heterocycles. The second-order valence-corrected chi connectivity index (χ2v) is 11.6. The highest BCUT2D eigenvalue weighted by atomic mass is 16.6. The van der Waals surface area contributed by atoms with Gasteiger partial charge >= 0.3 is 6.09 Å². The van der Waals surface area contributed by atoms with Crippen LogP contribution in [0, 0.1) is 27.7 Å². The van der Waals surface area contributed by atoms with Gasteiger partial charge in [0.1, 0.15) is 18.1 Å². The van der Waals surface area contributed by atoms with E-state index in [1.54, 1.807) is 0 Å². The second-order valence-electron chi connectivity index (χ2n) is 11.6. The van der Waals surface area contributed by atoms with Gasteiger partial charge in [-0.1, -0.05) is 48.5 Å². The van der Waals surface area contributed by atoms with Crippen molar-refractivity contribution >= 4 is 23.0 Å². The Morgan fingerprint density at radius 3 is 2.34 bits per heavy atom. The van der Waals surface area contributed by atoms with Gasteiger partial charge in [0.15, 0.2) is 0 Å². The van der Waals surface area contributed by atoms with E-state index in [4.69, 9.17) is 9.47 Å². The summed E-state index contributed by atoms with van der Waals surface area (Å²) in [6.07, 6.45) is 1.76. The number of fused-ring (bicyclic) bond motifs is 1. The largest absolute Gasteiger partial charge is 0.489 e. The summed E-state index contributed by atoms with van der Waals surface area (Å²) in [5.74, 6) is 1.38. The van der Waals surface area contributed by atoms with E-state index >= 15 is 0 Å². The smallest absolute Gasteiger partial charge is 0.417 e. The molecule has 0 bridgehead atoms. The van der Waals surface area contributed by atoms with Crippen LogP contribution in [0.25, 0.3) is 16.7 Å². The molecule has 4 aromatic rings. The standard InChI is InChI=1S/C36H38N2O3/c1-22-12-13-24(3)33(18-22)40-21-30-29(16-17-32-34(30)26(5)20-36(6,7)38-32)28-15-14-27(19-25(28)4)41-35(39)37-31-11-9-8-10-23(31)2/h8-20,38H,21H2,1-7H3,(H,37,39). The zero-order chi connectivity index (χ0) is 29.3. The number of hydrogen-bond donors (Lipinski definition) is 2. The Labute approximate surface area is 243 Å². The first-order valence-electron chi connectivity index (χ1n) is 14.0. The molecule has 0 spiro atoms. The molecule has 0 fully saturated rings. The topological polar surface area (TPSA) is 59.6 Å². The van der Waals surface area contributed by atoms with E-state index in [1.807, 2.05) is 56.3 Å². The monoisotopic (exact) mass is 546 g/mol. The molecule has 5 nitrogen and oxygen atoms in total. The van der Waals surface area contributed by atoms with E-state index in [1.165, 1.54) is 16.7 Å². The summed E-state index contributed by atoms with van der Waals surface area (Å²) >= 11 is 0. The minimum absolute atomic E-state index is 0.141. The minimum atomic E-state index is -0.516. The molecule has 0 saturated carbocycles. The highest BCUT2D eigenvalue weighted by molar-refractivity contribution is 5.89. The molecular formula is C36H38N2O3. The minimum Gasteiger partial charge on any atom is -0.489 e. The van der Waals surface area contributed by atoms with Gasteiger partial charge in [0, 0.05) is 22.5 Å². The van der Waals surface area contributed by atoms with Crippen LogP contribution < -0.4 is 20.1 Å². The van der Waals surface area contributed by atoms with Gasteiger partial charge in [-0.15, -0.1) is 0 Å². The van der Waals surface area contributed by atoms with Gasteiger partial charge in [-0.05, 0) is 118 Å². The Bertz CT molecular complexity index is 1670. The molecule has 5 heteroatoms. The van der Waals surface area contributed by atoms with Crippen molar-refractivity contribution in [3.8, 4) is 22.6 Å². The lowest BCUT2D eigenvalue weighted by molar-refractivity contribution is 0.215. The van der Waals surface area contributed by atoms with Crippen LogP contribution in [0.3, 0.4) is 0 Å². The molecule has 1 amide bonds. The molecular weight excluding hydrogens is 508 g/mol. The third-order valence-electron chi connectivity index (χ3n) is 7.54. The maximum Gasteiger partial charge on any atom is 0.417 e. The van der Waals surface area contributed by atoms with Crippen LogP contribution in [0.1, 0.15) is 54.2 Å². The zero-order valence-corrected chi connectivity index (χ0v) is 24.9. The number of carbonyl (C=O) groups is 1. The molecule has 0 radical (unpaired) electrons. The van der Waals surface area contributed by atoms with Crippen LogP contribution in [0.15, 0.2) is 78.9 Å². The van der Waals surface area contributed by atoms with Crippen LogP contribution in [-0.4, -0.2) is 11.6 Å². The summed E-state index contributed by atoms with van der Waals surface area (Å²) in [5.41, 5.74) is 11.6. The third-order valence-corrected chi connectivity index (χ3v) is 7.54. The van der Waals surface area contributed by atoms with Gasteiger partial charge in [0.05, 0.1) is 5.54 Å². The summed E-state index contributed by atoms with van der Waals surface area (Å²) in [4.78, 5) is 12.6. The van der Waals surface area contributed by atoms with E-state index in [0.717, 1.165) is 50.5 Å². The lowest BCUT2D eigenvalue weighted by Gasteiger charge is -2.33. The lowest BCUT2D eigenvalue weighted by Crippen LogP contribution is -2.32. The Hall–Kier alpha value is -4.51. The molecule has 1 aliphatic heterocycles. The van der Waals surface area contributed by atoms with Crippen molar-refractivity contribution in [3.05, 3.63) is 112 Å². The molecule has 210 valence electrons. The molecule has 0 unspecified atom stereocenters. The molecule has 0 aromatic heterocycles. The molecule has 1 aliphatic rings. The summed E-state index contributed by atoms with van der Waals surface area (Å²) < 4.78 is 12.1. The number of hydrogen-bond acceptors (Lipinski definition) is 4. The first kappa shape index (κ1) is 28.0. The highest BCUT2D eigenvalue weighted by Gasteiger charge is 2.27. The van der Waals surface area contributed by atoms with E-state index in [2.05, 4.69) is 81.7 Å². The lowest BCUT2D eigenvalue weighted by atomic mass is 9.84. The average Bonchev–Trinajstić information content (AvgIpc) is 2.90. The van der Waals surface area contributed by atoms with Crippen LogP contribution in [0.4, 0.5) is 16.2 Å². The third kappa shape index (κ3) is 6.14. The molecule has 2 N–H and O–H groups in total. The number of rotatable bonds is 6. The second kappa shape index (κ2) is 11.2. The van der Waals surface area contributed by atoms with Gasteiger partial charge < -0.3 is 14.8 Å². The number of benzene rings is 4. The average molecular weight is 547 g/mol. The Kier molecular flexibility index (Phi) is 7.63. The summed E-state index contributed by atoms with van der Waals surface area (Å²) in [5, 5.41) is 6.51. The fourth-order valence-corrected chi connectivity index (χ4v) is 5.57. The number of nitrogens with one attached hydrogen (secondary N) is 2. The van der Waals surface area contributed by atoms with Crippen molar-refractivity contribution in [2.75, 3.05) is 10.6 Å². The van der Waals surface area contributed by atoms with Gasteiger partial charge in [-0.2, -0.15) is 0 Å². The fourth-order valence-electron chi connectivity index (χ4n) is 5.57. The zero-order valence-electron chi connectivity index (χ0n) is 24.9. The van der Waals surface area contributed by atoms with Gasteiger partial charge in [-0.25, -0.2) is 4.79 Å². The predicted molar refractivity (Wildman–Crippen MR) is 169 cm³/mol. The summed E-state index contributed by atoms with van der Waals surface area (Å²) in [7, 11) is 0. The maximum absolute atomic E-state index is 12.6. The molecule has 0 saturated heterocycles. The summed E-state index contributed by atoms with van der Waals surface area (Å²) in [6.45, 7) is 15.1. The quantitative estimate of drug-likeness (QED) is 0.253. The van der Waals surface area contributed by atoms with Crippen LogP contribution >= 0.6 is 0 Å². The van der Waals surface area contributed by atoms with Gasteiger partial charge in [0.25, 0.3) is 0 Å². The first-order chi connectivity index (χ1) is 19.5. The first-order valence-corrected chi connectivity index (χ1v) is 14.0. The van der Waals surface area contributed by atoms with Crippen molar-refractivity contribution < 1.29 is 14.3 Å². The molecule has 0 atom stereocenters. The molecule has 5 rings (SSSR count). The molecule has 41 heavy (non-hydrogen) atoms. The molecule has 4 aromatic carbocycles. The van der Waals surface area contributed by atoms with Crippen molar-refractivity contribution in [3.63, 3.8) is 0 Å². The highest BCUT2D eigenvalue weighted by Crippen LogP contribution is 2.42. The maximum atomic E-state index is 12.6. The Balaban J connectivity index is 1.49. The van der Waals surface area contributed by atoms with Crippen molar-refractivity contribution in [1.29, 1.82) is 0 Å². The van der Waals surface area contributed by atoms with E-state index < -0.39 is 6.09 Å². The number of para-hydroxylation sites is 1. The van der Waals surface area contributed by atoms with Crippen molar-refractivity contribution in [1.82, 2.24) is 0 Å².